The van der Waals surface area contributed by atoms with Gasteiger partial charge in [-0.15, -0.1) is 0 Å². The van der Waals surface area contributed by atoms with Gasteiger partial charge in [0.25, 0.3) is 0 Å². The Morgan fingerprint density at radius 1 is 1.20 bits per heavy atom. The zero-order valence-corrected chi connectivity index (χ0v) is 13.6. The van der Waals surface area contributed by atoms with Crippen molar-refractivity contribution < 1.29 is 5.11 Å². The first-order valence-corrected chi connectivity index (χ1v) is 7.49. The number of hydrogen-bond acceptors (Lipinski definition) is 3. The Bertz CT molecular complexity index is 376. The molecule has 1 aromatic carbocycles. The topological polar surface area (TPSA) is 35.5 Å². The van der Waals surface area contributed by atoms with Crippen molar-refractivity contribution in [3.05, 3.63) is 35.9 Å². The number of benzene rings is 1. The quantitative estimate of drug-likeness (QED) is 0.767. The van der Waals surface area contributed by atoms with Gasteiger partial charge in [-0.05, 0) is 31.9 Å². The van der Waals surface area contributed by atoms with Crippen molar-refractivity contribution in [2.75, 3.05) is 26.7 Å². The molecule has 0 heterocycles. The monoisotopic (exact) mass is 278 g/mol. The van der Waals surface area contributed by atoms with Gasteiger partial charge in [0, 0.05) is 25.2 Å². The summed E-state index contributed by atoms with van der Waals surface area (Å²) < 4.78 is 0. The van der Waals surface area contributed by atoms with Gasteiger partial charge in [0.15, 0.2) is 0 Å². The van der Waals surface area contributed by atoms with Gasteiger partial charge < -0.3 is 10.4 Å². The lowest BCUT2D eigenvalue weighted by atomic mass is 9.79. The second kappa shape index (κ2) is 7.77. The van der Waals surface area contributed by atoms with Crippen molar-refractivity contribution >= 4 is 0 Å². The van der Waals surface area contributed by atoms with E-state index in [0.717, 1.165) is 13.1 Å². The molecule has 0 radical (unpaired) electrons. The maximum absolute atomic E-state index is 9.24. The lowest BCUT2D eigenvalue weighted by molar-refractivity contribution is 0.0947. The molecular formula is C17H30N2O. The minimum absolute atomic E-state index is 0.0789. The Balaban J connectivity index is 2.88. The lowest BCUT2D eigenvalue weighted by Crippen LogP contribution is -2.45. The van der Waals surface area contributed by atoms with E-state index in [0.29, 0.717) is 12.1 Å². The molecule has 0 fully saturated rings. The van der Waals surface area contributed by atoms with Crippen LogP contribution in [0.4, 0.5) is 0 Å². The highest BCUT2D eigenvalue weighted by Crippen LogP contribution is 2.34. The van der Waals surface area contributed by atoms with E-state index < -0.39 is 0 Å². The van der Waals surface area contributed by atoms with E-state index in [9.17, 15) is 5.11 Å². The molecular weight excluding hydrogens is 248 g/mol. The number of aliphatic hydroxyl groups is 1. The van der Waals surface area contributed by atoms with Crippen molar-refractivity contribution in [2.24, 2.45) is 5.41 Å². The first-order chi connectivity index (χ1) is 9.42. The Hall–Kier alpha value is -0.900. The minimum Gasteiger partial charge on any atom is -0.395 e. The number of nitrogens with one attached hydrogen (secondary N) is 1. The number of hydrogen-bond donors (Lipinski definition) is 2. The fraction of sp³-hybridized carbons (Fsp3) is 0.647. The molecule has 0 bridgehead atoms. The van der Waals surface area contributed by atoms with Crippen LogP contribution in [0.5, 0.6) is 0 Å². The lowest BCUT2D eigenvalue weighted by Gasteiger charge is -2.40. The van der Waals surface area contributed by atoms with Gasteiger partial charge in [0.05, 0.1) is 6.61 Å². The smallest absolute Gasteiger partial charge is 0.0558 e. The maximum Gasteiger partial charge on any atom is 0.0558 e. The number of aliphatic hydroxyl groups excluding tert-OH is 1. The molecule has 0 amide bonds. The predicted molar refractivity (Wildman–Crippen MR) is 85.8 cm³/mol. The largest absolute Gasteiger partial charge is 0.395 e. The first kappa shape index (κ1) is 17.2. The summed E-state index contributed by atoms with van der Waals surface area (Å²) >= 11 is 0. The second-order valence-corrected chi connectivity index (χ2v) is 6.41. The van der Waals surface area contributed by atoms with Crippen molar-refractivity contribution in [2.45, 2.75) is 39.8 Å². The van der Waals surface area contributed by atoms with Crippen molar-refractivity contribution in [1.82, 2.24) is 10.2 Å². The van der Waals surface area contributed by atoms with Crippen LogP contribution in [0.3, 0.4) is 0 Å². The molecule has 0 saturated heterocycles. The van der Waals surface area contributed by atoms with Crippen LogP contribution in [0.2, 0.25) is 0 Å². The van der Waals surface area contributed by atoms with Gasteiger partial charge in [-0.2, -0.15) is 0 Å². The molecule has 1 rings (SSSR count). The highest BCUT2D eigenvalue weighted by molar-refractivity contribution is 5.21. The summed E-state index contributed by atoms with van der Waals surface area (Å²) in [6.45, 7) is 10.8. The molecule has 1 atom stereocenters. The zero-order valence-electron chi connectivity index (χ0n) is 13.6. The average Bonchev–Trinajstić information content (AvgIpc) is 2.39. The van der Waals surface area contributed by atoms with Gasteiger partial charge in [-0.3, -0.25) is 4.90 Å². The van der Waals surface area contributed by atoms with Crippen LogP contribution < -0.4 is 5.32 Å². The Kier molecular flexibility index (Phi) is 6.66. The average molecular weight is 278 g/mol. The Morgan fingerprint density at radius 2 is 1.80 bits per heavy atom. The van der Waals surface area contributed by atoms with Crippen LogP contribution in [-0.2, 0) is 0 Å². The van der Waals surface area contributed by atoms with E-state index in [-0.39, 0.29) is 12.0 Å². The first-order valence-electron chi connectivity index (χ1n) is 7.49. The van der Waals surface area contributed by atoms with Crippen molar-refractivity contribution in [3.63, 3.8) is 0 Å². The fourth-order valence-corrected chi connectivity index (χ4v) is 2.92. The summed E-state index contributed by atoms with van der Waals surface area (Å²) in [6.07, 6.45) is 0. The molecule has 20 heavy (non-hydrogen) atoms. The maximum atomic E-state index is 9.24. The zero-order chi connectivity index (χ0) is 15.2. The molecule has 0 aromatic heterocycles. The minimum atomic E-state index is 0.0789. The molecule has 114 valence electrons. The standard InChI is InChI=1S/C17H30N2O/c1-14(2)19(11-12-20)13-17(3,4)16(18-5)15-9-7-6-8-10-15/h6-10,14,16,18,20H,11-13H2,1-5H3. The molecule has 3 heteroatoms. The van der Waals surface area contributed by atoms with Crippen LogP contribution >= 0.6 is 0 Å². The van der Waals surface area contributed by atoms with Gasteiger partial charge in [-0.25, -0.2) is 0 Å². The SMILES string of the molecule is CNC(c1ccccc1)C(C)(C)CN(CCO)C(C)C. The van der Waals surface area contributed by atoms with Gasteiger partial charge >= 0.3 is 0 Å². The van der Waals surface area contributed by atoms with E-state index in [1.54, 1.807) is 0 Å². The third-order valence-corrected chi connectivity index (χ3v) is 3.93. The summed E-state index contributed by atoms with van der Waals surface area (Å²) in [7, 11) is 2.02. The fourth-order valence-electron chi connectivity index (χ4n) is 2.92. The van der Waals surface area contributed by atoms with Gasteiger partial charge in [0.1, 0.15) is 0 Å². The predicted octanol–water partition coefficient (Wildman–Crippen LogP) is 2.68. The van der Waals surface area contributed by atoms with E-state index in [2.05, 4.69) is 68.2 Å². The van der Waals surface area contributed by atoms with E-state index >= 15 is 0 Å². The Labute approximate surface area is 124 Å². The third kappa shape index (κ3) is 4.58. The van der Waals surface area contributed by atoms with Crippen LogP contribution in [0, 0.1) is 5.41 Å². The molecule has 0 aliphatic rings. The molecule has 1 aromatic rings. The molecule has 0 aliphatic heterocycles. The molecule has 1 unspecified atom stereocenters. The van der Waals surface area contributed by atoms with E-state index in [1.807, 2.05) is 7.05 Å². The third-order valence-electron chi connectivity index (χ3n) is 3.93. The van der Waals surface area contributed by atoms with Crippen LogP contribution in [0.1, 0.15) is 39.3 Å². The van der Waals surface area contributed by atoms with Gasteiger partial charge in [-0.1, -0.05) is 44.2 Å². The highest BCUT2D eigenvalue weighted by atomic mass is 16.3. The van der Waals surface area contributed by atoms with Crippen LogP contribution in [0.25, 0.3) is 0 Å². The Morgan fingerprint density at radius 3 is 2.25 bits per heavy atom. The summed E-state index contributed by atoms with van der Waals surface area (Å²) in [5, 5.41) is 12.7. The molecule has 0 aliphatic carbocycles. The summed E-state index contributed by atoms with van der Waals surface area (Å²) in [4.78, 5) is 2.34. The summed E-state index contributed by atoms with van der Waals surface area (Å²) in [5.41, 5.74) is 1.39. The van der Waals surface area contributed by atoms with Gasteiger partial charge in [0.2, 0.25) is 0 Å². The second-order valence-electron chi connectivity index (χ2n) is 6.41. The van der Waals surface area contributed by atoms with Crippen LogP contribution in [-0.4, -0.2) is 42.8 Å². The summed E-state index contributed by atoms with van der Waals surface area (Å²) in [6, 6.07) is 11.3. The summed E-state index contributed by atoms with van der Waals surface area (Å²) in [5.74, 6) is 0. The highest BCUT2D eigenvalue weighted by Gasteiger charge is 2.32. The number of rotatable bonds is 8. The van der Waals surface area contributed by atoms with Crippen molar-refractivity contribution in [3.8, 4) is 0 Å². The molecule has 2 N–H and O–H groups in total. The van der Waals surface area contributed by atoms with E-state index in [1.165, 1.54) is 5.56 Å². The van der Waals surface area contributed by atoms with E-state index in [4.69, 9.17) is 0 Å². The number of nitrogens with zero attached hydrogens (tertiary/aromatic N) is 1. The molecule has 0 saturated carbocycles. The molecule has 3 nitrogen and oxygen atoms in total. The normalized spacial score (nSPS) is 14.0. The molecule has 0 spiro atoms. The van der Waals surface area contributed by atoms with Crippen molar-refractivity contribution in [1.29, 1.82) is 0 Å². The van der Waals surface area contributed by atoms with Crippen LogP contribution in [0.15, 0.2) is 30.3 Å².